The molecule has 4 nitrogen and oxygen atoms in total. The number of esters is 1. The van der Waals surface area contributed by atoms with E-state index in [2.05, 4.69) is 16.0 Å². The molecule has 0 aliphatic rings. The summed E-state index contributed by atoms with van der Waals surface area (Å²) in [5, 5.41) is 2.54. The highest BCUT2D eigenvalue weighted by Crippen LogP contribution is 2.06. The quantitative estimate of drug-likeness (QED) is 0.538. The summed E-state index contributed by atoms with van der Waals surface area (Å²) in [4.78, 5) is 22.5. The fourth-order valence-corrected chi connectivity index (χ4v) is 1.17. The second kappa shape index (κ2) is 6.88. The molecule has 0 heterocycles. The van der Waals surface area contributed by atoms with E-state index in [0.29, 0.717) is 12.3 Å². The standard InChI is InChI=1S/C11H17NO3/c1-5-6-10(13)12-9(7-8(2)3)11(14)15-4/h1,8-9H,6-7H2,2-4H3,(H,12,13). The molecule has 1 N–H and O–H groups in total. The van der Waals surface area contributed by atoms with Gasteiger partial charge in [-0.1, -0.05) is 19.8 Å². The first-order valence-corrected chi connectivity index (χ1v) is 4.81. The van der Waals surface area contributed by atoms with Crippen molar-refractivity contribution in [1.29, 1.82) is 0 Å². The minimum Gasteiger partial charge on any atom is -0.467 e. The van der Waals surface area contributed by atoms with E-state index in [0.717, 1.165) is 0 Å². The van der Waals surface area contributed by atoms with Gasteiger partial charge in [-0.05, 0) is 12.3 Å². The van der Waals surface area contributed by atoms with Crippen LogP contribution in [0.2, 0.25) is 0 Å². The average Bonchev–Trinajstić information content (AvgIpc) is 2.15. The van der Waals surface area contributed by atoms with E-state index < -0.39 is 12.0 Å². The van der Waals surface area contributed by atoms with Crippen molar-refractivity contribution in [3.05, 3.63) is 0 Å². The molecule has 0 spiro atoms. The van der Waals surface area contributed by atoms with Gasteiger partial charge in [0.15, 0.2) is 0 Å². The highest BCUT2D eigenvalue weighted by molar-refractivity contribution is 5.85. The first-order valence-electron chi connectivity index (χ1n) is 4.81. The Hall–Kier alpha value is -1.50. The smallest absolute Gasteiger partial charge is 0.328 e. The van der Waals surface area contributed by atoms with Crippen molar-refractivity contribution in [2.24, 2.45) is 5.92 Å². The number of methoxy groups -OCH3 is 1. The van der Waals surface area contributed by atoms with Crippen LogP contribution < -0.4 is 5.32 Å². The molecule has 0 rings (SSSR count). The summed E-state index contributed by atoms with van der Waals surface area (Å²) in [5.74, 6) is 1.75. The number of rotatable bonds is 5. The number of amides is 1. The second-order valence-corrected chi connectivity index (χ2v) is 3.65. The highest BCUT2D eigenvalue weighted by atomic mass is 16.5. The largest absolute Gasteiger partial charge is 0.467 e. The number of hydrogen-bond donors (Lipinski definition) is 1. The molecule has 0 aromatic carbocycles. The molecule has 0 radical (unpaired) electrons. The van der Waals surface area contributed by atoms with Crippen LogP contribution in [0, 0.1) is 18.3 Å². The van der Waals surface area contributed by atoms with Gasteiger partial charge >= 0.3 is 5.97 Å². The first-order chi connectivity index (χ1) is 7.01. The molecule has 0 aromatic heterocycles. The van der Waals surface area contributed by atoms with Gasteiger partial charge in [-0.3, -0.25) is 4.79 Å². The van der Waals surface area contributed by atoms with Crippen molar-refractivity contribution in [3.63, 3.8) is 0 Å². The van der Waals surface area contributed by atoms with Crippen LogP contribution in [0.5, 0.6) is 0 Å². The SMILES string of the molecule is C#CCC(=O)NC(CC(C)C)C(=O)OC. The monoisotopic (exact) mass is 211 g/mol. The third kappa shape index (κ3) is 5.74. The lowest BCUT2D eigenvalue weighted by molar-refractivity contribution is -0.145. The number of ether oxygens (including phenoxy) is 1. The summed E-state index contributed by atoms with van der Waals surface area (Å²) >= 11 is 0. The van der Waals surface area contributed by atoms with Gasteiger partial charge in [0.1, 0.15) is 6.04 Å². The van der Waals surface area contributed by atoms with Crippen LogP contribution in [0.25, 0.3) is 0 Å². The molecule has 0 fully saturated rings. The fraction of sp³-hybridized carbons (Fsp3) is 0.636. The molecule has 0 aliphatic heterocycles. The van der Waals surface area contributed by atoms with E-state index in [1.807, 2.05) is 13.8 Å². The summed E-state index contributed by atoms with van der Waals surface area (Å²) in [6, 6.07) is -0.601. The summed E-state index contributed by atoms with van der Waals surface area (Å²) in [5.41, 5.74) is 0. The van der Waals surface area contributed by atoms with E-state index in [9.17, 15) is 9.59 Å². The maximum absolute atomic E-state index is 11.3. The molecule has 1 atom stereocenters. The van der Waals surface area contributed by atoms with Crippen molar-refractivity contribution in [1.82, 2.24) is 5.32 Å². The van der Waals surface area contributed by atoms with Crippen LogP contribution in [0.15, 0.2) is 0 Å². The topological polar surface area (TPSA) is 55.4 Å². The first kappa shape index (κ1) is 13.5. The van der Waals surface area contributed by atoms with E-state index in [1.54, 1.807) is 0 Å². The van der Waals surface area contributed by atoms with Crippen LogP contribution in [0.1, 0.15) is 26.7 Å². The minimum absolute atomic E-state index is 0.0222. The molecular weight excluding hydrogens is 194 g/mol. The predicted octanol–water partition coefficient (Wildman–Crippen LogP) is 0.714. The Morgan fingerprint density at radius 2 is 2.07 bits per heavy atom. The molecule has 0 saturated heterocycles. The summed E-state index contributed by atoms with van der Waals surface area (Å²) in [6.45, 7) is 3.92. The molecule has 4 heteroatoms. The number of hydrogen-bond acceptors (Lipinski definition) is 3. The van der Waals surface area contributed by atoms with Crippen molar-refractivity contribution < 1.29 is 14.3 Å². The van der Waals surface area contributed by atoms with Gasteiger partial charge < -0.3 is 10.1 Å². The zero-order valence-electron chi connectivity index (χ0n) is 9.37. The summed E-state index contributed by atoms with van der Waals surface area (Å²) in [7, 11) is 1.29. The van der Waals surface area contributed by atoms with Crippen molar-refractivity contribution in [3.8, 4) is 12.3 Å². The lowest BCUT2D eigenvalue weighted by Gasteiger charge is -2.17. The van der Waals surface area contributed by atoms with E-state index in [1.165, 1.54) is 7.11 Å². The van der Waals surface area contributed by atoms with Crippen LogP contribution in [0.3, 0.4) is 0 Å². The van der Waals surface area contributed by atoms with E-state index in [4.69, 9.17) is 6.42 Å². The van der Waals surface area contributed by atoms with Gasteiger partial charge in [-0.2, -0.15) is 0 Å². The van der Waals surface area contributed by atoms with Crippen LogP contribution >= 0.6 is 0 Å². The van der Waals surface area contributed by atoms with Crippen molar-refractivity contribution in [2.45, 2.75) is 32.7 Å². The van der Waals surface area contributed by atoms with E-state index >= 15 is 0 Å². The van der Waals surface area contributed by atoms with Gasteiger partial charge in [-0.25, -0.2) is 4.79 Å². The summed E-state index contributed by atoms with van der Waals surface area (Å²) in [6.07, 6.45) is 5.51. The average molecular weight is 211 g/mol. The maximum Gasteiger partial charge on any atom is 0.328 e. The Balaban J connectivity index is 4.31. The molecule has 0 bridgehead atoms. The van der Waals surface area contributed by atoms with Crippen LogP contribution in [-0.2, 0) is 14.3 Å². The van der Waals surface area contributed by atoms with Crippen LogP contribution in [-0.4, -0.2) is 25.0 Å². The third-order valence-corrected chi connectivity index (χ3v) is 1.79. The zero-order valence-corrected chi connectivity index (χ0v) is 9.37. The van der Waals surface area contributed by atoms with Gasteiger partial charge in [-0.15, -0.1) is 6.42 Å². The van der Waals surface area contributed by atoms with Gasteiger partial charge in [0, 0.05) is 0 Å². The Morgan fingerprint density at radius 3 is 2.47 bits per heavy atom. The number of carbonyl (C=O) groups excluding carboxylic acids is 2. The fourth-order valence-electron chi connectivity index (χ4n) is 1.17. The van der Waals surface area contributed by atoms with Crippen molar-refractivity contribution >= 4 is 11.9 Å². The number of carbonyl (C=O) groups is 2. The van der Waals surface area contributed by atoms with Gasteiger partial charge in [0.2, 0.25) is 5.91 Å². The molecule has 0 saturated carbocycles. The minimum atomic E-state index is -0.601. The molecule has 15 heavy (non-hydrogen) atoms. The molecule has 1 unspecified atom stereocenters. The molecule has 84 valence electrons. The maximum atomic E-state index is 11.3. The Bertz CT molecular complexity index is 265. The van der Waals surface area contributed by atoms with Gasteiger partial charge in [0.05, 0.1) is 13.5 Å². The van der Waals surface area contributed by atoms with Crippen LogP contribution in [0.4, 0.5) is 0 Å². The zero-order chi connectivity index (χ0) is 11.8. The molecule has 0 aromatic rings. The third-order valence-electron chi connectivity index (χ3n) is 1.79. The Labute approximate surface area is 90.4 Å². The normalized spacial score (nSPS) is 11.7. The van der Waals surface area contributed by atoms with Gasteiger partial charge in [0.25, 0.3) is 0 Å². The number of terminal acetylenes is 1. The van der Waals surface area contributed by atoms with E-state index in [-0.39, 0.29) is 12.3 Å². The molecular formula is C11H17NO3. The summed E-state index contributed by atoms with van der Waals surface area (Å²) < 4.78 is 4.59. The van der Waals surface area contributed by atoms with Crippen molar-refractivity contribution in [2.75, 3.05) is 7.11 Å². The molecule has 1 amide bonds. The Kier molecular flexibility index (Phi) is 6.19. The molecule has 0 aliphatic carbocycles. The number of nitrogens with one attached hydrogen (secondary N) is 1. The lowest BCUT2D eigenvalue weighted by atomic mass is 10.0. The lowest BCUT2D eigenvalue weighted by Crippen LogP contribution is -2.42. The second-order valence-electron chi connectivity index (χ2n) is 3.65. The highest BCUT2D eigenvalue weighted by Gasteiger charge is 2.21. The predicted molar refractivity (Wildman–Crippen MR) is 56.9 cm³/mol. The Morgan fingerprint density at radius 1 is 1.47 bits per heavy atom.